The molecule has 0 spiro atoms. The van der Waals surface area contributed by atoms with Crippen LogP contribution in [0.3, 0.4) is 0 Å². The molecule has 2 aliphatic carbocycles. The van der Waals surface area contributed by atoms with Gasteiger partial charge in [-0.05, 0) is 32.1 Å². The first-order valence-corrected chi connectivity index (χ1v) is 6.11. The lowest BCUT2D eigenvalue weighted by molar-refractivity contribution is -0.131. The molecule has 0 saturated heterocycles. The van der Waals surface area contributed by atoms with Gasteiger partial charge in [-0.25, -0.2) is 0 Å². The summed E-state index contributed by atoms with van der Waals surface area (Å²) < 4.78 is 0.0881. The number of fused-ring (bicyclic) bond motifs is 1. The summed E-state index contributed by atoms with van der Waals surface area (Å²) in [6, 6.07) is 0. The molecule has 0 aliphatic heterocycles. The molecule has 74 valence electrons. The quantitative estimate of drug-likeness (QED) is 0.548. The predicted octanol–water partition coefficient (Wildman–Crippen LogP) is 2.07. The van der Waals surface area contributed by atoms with E-state index in [-0.39, 0.29) is 15.4 Å². The Balaban J connectivity index is 2.24. The second-order valence-corrected chi connectivity index (χ2v) is 6.44. The summed E-state index contributed by atoms with van der Waals surface area (Å²) in [6.07, 6.45) is 5.47. The number of aliphatic hydroxyl groups excluding tert-OH is 1. The highest BCUT2D eigenvalue weighted by Gasteiger charge is 2.48. The van der Waals surface area contributed by atoms with Gasteiger partial charge in [-0.2, -0.15) is 0 Å². The molecule has 13 heavy (non-hydrogen) atoms. The number of rotatable bonds is 0. The van der Waals surface area contributed by atoms with Crippen LogP contribution in [0.15, 0.2) is 0 Å². The van der Waals surface area contributed by atoms with Crippen molar-refractivity contribution in [2.75, 3.05) is 0 Å². The highest BCUT2D eigenvalue weighted by atomic mass is 127. The zero-order chi connectivity index (χ0) is 9.47. The molecule has 0 radical (unpaired) electrons. The van der Waals surface area contributed by atoms with E-state index in [9.17, 15) is 9.90 Å². The second-order valence-electron chi connectivity index (χ2n) is 4.29. The Bertz CT molecular complexity index is 225. The summed E-state index contributed by atoms with van der Waals surface area (Å²) >= 11 is 2.42. The van der Waals surface area contributed by atoms with E-state index in [1.54, 1.807) is 0 Å². The molecule has 2 nitrogen and oxygen atoms in total. The van der Waals surface area contributed by atoms with Gasteiger partial charge in [0.25, 0.3) is 0 Å². The third-order valence-corrected chi connectivity index (χ3v) is 5.15. The summed E-state index contributed by atoms with van der Waals surface area (Å²) in [7, 11) is 0. The zero-order valence-corrected chi connectivity index (χ0v) is 9.79. The third-order valence-electron chi connectivity index (χ3n) is 3.40. The molecule has 2 fully saturated rings. The molecule has 2 aliphatic rings. The van der Waals surface area contributed by atoms with E-state index in [1.807, 2.05) is 0 Å². The van der Waals surface area contributed by atoms with Crippen molar-refractivity contribution in [3.05, 3.63) is 0 Å². The van der Waals surface area contributed by atoms with Crippen molar-refractivity contribution in [2.45, 2.75) is 48.1 Å². The van der Waals surface area contributed by atoms with Crippen LogP contribution in [0.2, 0.25) is 0 Å². The van der Waals surface area contributed by atoms with Gasteiger partial charge in [0.05, 0.1) is 12.0 Å². The Morgan fingerprint density at radius 1 is 1.38 bits per heavy atom. The van der Waals surface area contributed by atoms with Crippen LogP contribution < -0.4 is 0 Å². The highest BCUT2D eigenvalue weighted by Crippen LogP contribution is 2.48. The number of Topliss-reactive ketones (excluding diaryl/α,β-unsaturated/α-hetero) is 1. The average molecular weight is 294 g/mol. The van der Waals surface area contributed by atoms with E-state index < -0.39 is 0 Å². The standard InChI is InChI=1S/C10H15IO2/c11-10-5-1-3-7(12)9(10)8(13)4-2-6-10/h7,9,12H,1-6H2/t7-,9-,10-/m1/s1. The molecular formula is C10H15IO2. The van der Waals surface area contributed by atoms with Crippen molar-refractivity contribution in [3.63, 3.8) is 0 Å². The van der Waals surface area contributed by atoms with Crippen LogP contribution in [0, 0.1) is 5.92 Å². The Morgan fingerprint density at radius 3 is 2.77 bits per heavy atom. The fourth-order valence-electron chi connectivity index (χ4n) is 2.77. The number of ketones is 1. The van der Waals surface area contributed by atoms with Crippen molar-refractivity contribution in [1.82, 2.24) is 0 Å². The monoisotopic (exact) mass is 294 g/mol. The van der Waals surface area contributed by atoms with Gasteiger partial charge in [0, 0.05) is 9.84 Å². The summed E-state index contributed by atoms with van der Waals surface area (Å²) in [4.78, 5) is 11.7. The first kappa shape index (κ1) is 9.90. The first-order chi connectivity index (χ1) is 6.13. The summed E-state index contributed by atoms with van der Waals surface area (Å²) in [5.74, 6) is 0.239. The lowest BCUT2D eigenvalue weighted by Gasteiger charge is -2.44. The molecule has 1 N–H and O–H groups in total. The highest BCUT2D eigenvalue weighted by molar-refractivity contribution is 14.1. The van der Waals surface area contributed by atoms with Crippen LogP contribution >= 0.6 is 22.6 Å². The van der Waals surface area contributed by atoms with Gasteiger partial charge in [-0.3, -0.25) is 4.79 Å². The molecule has 0 bridgehead atoms. The van der Waals surface area contributed by atoms with Crippen molar-refractivity contribution in [3.8, 4) is 0 Å². The van der Waals surface area contributed by atoms with Crippen LogP contribution in [0.5, 0.6) is 0 Å². The summed E-state index contributed by atoms with van der Waals surface area (Å²) in [5, 5.41) is 9.81. The van der Waals surface area contributed by atoms with Gasteiger partial charge in [0.1, 0.15) is 5.78 Å². The lowest BCUT2D eigenvalue weighted by atomic mass is 9.69. The van der Waals surface area contributed by atoms with Crippen molar-refractivity contribution < 1.29 is 9.90 Å². The second kappa shape index (κ2) is 3.50. The topological polar surface area (TPSA) is 37.3 Å². The minimum atomic E-state index is -0.363. The summed E-state index contributed by atoms with van der Waals surface area (Å²) in [6.45, 7) is 0. The number of carbonyl (C=O) groups is 1. The molecule has 2 saturated carbocycles. The molecule has 3 heteroatoms. The first-order valence-electron chi connectivity index (χ1n) is 5.03. The van der Waals surface area contributed by atoms with Crippen LogP contribution in [-0.2, 0) is 4.79 Å². The third kappa shape index (κ3) is 1.65. The number of hydrogen-bond donors (Lipinski definition) is 1. The van der Waals surface area contributed by atoms with Gasteiger partial charge in [0.15, 0.2) is 0 Å². The van der Waals surface area contributed by atoms with Gasteiger partial charge in [-0.1, -0.05) is 22.6 Å². The molecule has 2 rings (SSSR count). The van der Waals surface area contributed by atoms with Gasteiger partial charge >= 0.3 is 0 Å². The van der Waals surface area contributed by atoms with Crippen molar-refractivity contribution in [2.24, 2.45) is 5.92 Å². The zero-order valence-electron chi connectivity index (χ0n) is 7.63. The maximum absolute atomic E-state index is 11.7. The van der Waals surface area contributed by atoms with Crippen LogP contribution in [-0.4, -0.2) is 20.4 Å². The van der Waals surface area contributed by atoms with Crippen molar-refractivity contribution in [1.29, 1.82) is 0 Å². The average Bonchev–Trinajstić information content (AvgIpc) is 2.02. The van der Waals surface area contributed by atoms with Crippen LogP contribution in [0.1, 0.15) is 38.5 Å². The Kier molecular flexibility index (Phi) is 2.66. The Labute approximate surface area is 92.2 Å². The predicted molar refractivity (Wildman–Crippen MR) is 59.0 cm³/mol. The fourth-order valence-corrected chi connectivity index (χ4v) is 4.29. The van der Waals surface area contributed by atoms with E-state index in [4.69, 9.17) is 0 Å². The molecule has 0 aromatic heterocycles. The maximum atomic E-state index is 11.7. The maximum Gasteiger partial charge on any atom is 0.139 e. The smallest absolute Gasteiger partial charge is 0.139 e. The van der Waals surface area contributed by atoms with Crippen molar-refractivity contribution >= 4 is 28.4 Å². The van der Waals surface area contributed by atoms with Gasteiger partial charge in [-0.15, -0.1) is 0 Å². The molecule has 0 aromatic rings. The van der Waals surface area contributed by atoms with E-state index in [0.29, 0.717) is 12.2 Å². The normalized spacial score (nSPS) is 45.8. The SMILES string of the molecule is O=C1CCC[C@]2(I)CCC[C@@H](O)[C@H]12. The molecular weight excluding hydrogens is 279 g/mol. The fraction of sp³-hybridized carbons (Fsp3) is 0.900. The largest absolute Gasteiger partial charge is 0.392 e. The molecule has 0 heterocycles. The minimum Gasteiger partial charge on any atom is -0.392 e. The minimum absolute atomic E-state index is 0.0596. The number of aliphatic hydroxyl groups is 1. The van der Waals surface area contributed by atoms with Gasteiger partial charge in [0.2, 0.25) is 0 Å². The Hall–Kier alpha value is 0.360. The molecule has 3 atom stereocenters. The number of halogens is 1. The summed E-state index contributed by atoms with van der Waals surface area (Å²) in [5.41, 5.74) is 0. The van der Waals surface area contributed by atoms with E-state index in [2.05, 4.69) is 22.6 Å². The molecule has 0 unspecified atom stereocenters. The van der Waals surface area contributed by atoms with Gasteiger partial charge < -0.3 is 5.11 Å². The van der Waals surface area contributed by atoms with E-state index >= 15 is 0 Å². The van der Waals surface area contributed by atoms with E-state index in [0.717, 1.165) is 32.1 Å². The molecule has 0 aromatic carbocycles. The number of hydrogen-bond acceptors (Lipinski definition) is 2. The van der Waals surface area contributed by atoms with Crippen LogP contribution in [0.25, 0.3) is 0 Å². The van der Waals surface area contributed by atoms with E-state index in [1.165, 1.54) is 0 Å². The lowest BCUT2D eigenvalue weighted by Crippen LogP contribution is -2.50. The molecule has 0 amide bonds. The van der Waals surface area contributed by atoms with Crippen LogP contribution in [0.4, 0.5) is 0 Å². The Morgan fingerprint density at radius 2 is 2.08 bits per heavy atom. The number of carbonyl (C=O) groups excluding carboxylic acids is 1. The number of alkyl halides is 1.